The number of aliphatic hydroxyl groups is 1. The second-order valence-corrected chi connectivity index (χ2v) is 4.84. The van der Waals surface area contributed by atoms with Gasteiger partial charge < -0.3 is 5.11 Å². The van der Waals surface area contributed by atoms with Crippen LogP contribution in [0.2, 0.25) is 10.0 Å². The molecule has 0 aliphatic carbocycles. The molecule has 1 aromatic rings. The molecule has 15 heavy (non-hydrogen) atoms. The number of hydrogen-bond donors (Lipinski definition) is 1. The molecule has 0 aromatic heterocycles. The van der Waals surface area contributed by atoms with Crippen LogP contribution in [0.25, 0.3) is 0 Å². The first-order valence-corrected chi connectivity index (χ1v) is 5.89. The van der Waals surface area contributed by atoms with Gasteiger partial charge in [-0.25, -0.2) is 0 Å². The van der Waals surface area contributed by atoms with E-state index in [9.17, 15) is 5.11 Å². The average Bonchev–Trinajstić information content (AvgIpc) is 2.14. The second-order valence-electron chi connectivity index (χ2n) is 3.99. The molecule has 0 heterocycles. The third kappa shape index (κ3) is 4.02. The van der Waals surface area contributed by atoms with E-state index in [1.807, 2.05) is 12.1 Å². The van der Waals surface area contributed by atoms with Crippen molar-refractivity contribution in [2.45, 2.75) is 38.7 Å². The van der Waals surface area contributed by atoms with Crippen molar-refractivity contribution in [1.82, 2.24) is 0 Å². The maximum Gasteiger partial charge on any atom is 0.0512 e. The fourth-order valence-corrected chi connectivity index (χ4v) is 2.14. The van der Waals surface area contributed by atoms with Crippen molar-refractivity contribution in [2.24, 2.45) is 0 Å². The van der Waals surface area contributed by atoms with Gasteiger partial charge in [-0.15, -0.1) is 0 Å². The molecule has 0 radical (unpaired) electrons. The van der Waals surface area contributed by atoms with Gasteiger partial charge in [0.1, 0.15) is 0 Å². The molecule has 0 saturated heterocycles. The summed E-state index contributed by atoms with van der Waals surface area (Å²) in [4.78, 5) is 0. The molecule has 84 valence electrons. The van der Waals surface area contributed by atoms with Crippen LogP contribution >= 0.6 is 23.2 Å². The highest BCUT2D eigenvalue weighted by atomic mass is 35.5. The average molecular weight is 247 g/mol. The Morgan fingerprint density at radius 3 is 2.40 bits per heavy atom. The largest absolute Gasteiger partial charge is 0.393 e. The lowest BCUT2D eigenvalue weighted by molar-refractivity contribution is 0.179. The van der Waals surface area contributed by atoms with Crippen LogP contribution in [0.5, 0.6) is 0 Å². The summed E-state index contributed by atoms with van der Waals surface area (Å²) in [6, 6.07) is 5.57. The summed E-state index contributed by atoms with van der Waals surface area (Å²) in [5, 5.41) is 10.6. The van der Waals surface area contributed by atoms with Crippen LogP contribution in [-0.4, -0.2) is 11.2 Å². The minimum atomic E-state index is -0.251. The molecular weight excluding hydrogens is 231 g/mol. The van der Waals surface area contributed by atoms with Crippen LogP contribution in [-0.2, 0) is 0 Å². The molecule has 0 bridgehead atoms. The lowest BCUT2D eigenvalue weighted by atomic mass is 9.95. The second kappa shape index (κ2) is 5.74. The lowest BCUT2D eigenvalue weighted by Crippen LogP contribution is -2.03. The van der Waals surface area contributed by atoms with E-state index < -0.39 is 0 Å². The van der Waals surface area contributed by atoms with E-state index in [1.165, 1.54) is 0 Å². The van der Waals surface area contributed by atoms with Crippen molar-refractivity contribution in [3.8, 4) is 0 Å². The molecule has 0 spiro atoms. The Kier molecular flexibility index (Phi) is 4.91. The Labute approximate surface area is 101 Å². The third-order valence-corrected chi connectivity index (χ3v) is 3.07. The predicted octanol–water partition coefficient (Wildman–Crippen LogP) is 4.26. The number of halogens is 2. The monoisotopic (exact) mass is 246 g/mol. The summed E-state index contributed by atoms with van der Waals surface area (Å²) in [6.45, 7) is 3.91. The summed E-state index contributed by atoms with van der Waals surface area (Å²) >= 11 is 11.9. The molecule has 3 heteroatoms. The van der Waals surface area contributed by atoms with Crippen molar-refractivity contribution < 1.29 is 5.11 Å². The van der Waals surface area contributed by atoms with Gasteiger partial charge in [0, 0.05) is 10.0 Å². The Morgan fingerprint density at radius 2 is 1.87 bits per heavy atom. The quantitative estimate of drug-likeness (QED) is 0.842. The first-order chi connectivity index (χ1) is 7.00. The predicted molar refractivity (Wildman–Crippen MR) is 65.8 cm³/mol. The molecule has 0 saturated carbocycles. The molecule has 0 aliphatic heterocycles. The topological polar surface area (TPSA) is 20.2 Å². The van der Waals surface area contributed by atoms with Crippen LogP contribution in [0, 0.1) is 0 Å². The van der Waals surface area contributed by atoms with E-state index in [0.29, 0.717) is 16.0 Å². The molecule has 1 N–H and O–H groups in total. The van der Waals surface area contributed by atoms with Crippen LogP contribution in [0.3, 0.4) is 0 Å². The smallest absolute Gasteiger partial charge is 0.0512 e. The van der Waals surface area contributed by atoms with E-state index in [1.54, 1.807) is 13.0 Å². The van der Waals surface area contributed by atoms with Crippen molar-refractivity contribution in [2.75, 3.05) is 0 Å². The van der Waals surface area contributed by atoms with Gasteiger partial charge in [0.2, 0.25) is 0 Å². The van der Waals surface area contributed by atoms with Crippen molar-refractivity contribution in [3.63, 3.8) is 0 Å². The third-order valence-electron chi connectivity index (χ3n) is 2.51. The summed E-state index contributed by atoms with van der Waals surface area (Å²) in [5.41, 5.74) is 1.10. The van der Waals surface area contributed by atoms with Gasteiger partial charge in [0.25, 0.3) is 0 Å². The van der Waals surface area contributed by atoms with Gasteiger partial charge in [0.05, 0.1) is 6.10 Å². The zero-order chi connectivity index (χ0) is 11.4. The molecule has 1 rings (SSSR count). The van der Waals surface area contributed by atoms with Gasteiger partial charge in [-0.2, -0.15) is 0 Å². The standard InChI is InChI=1S/C12H16Cl2O/c1-8(3-4-9(2)15)11-6-5-10(13)7-12(11)14/h5-9,15H,3-4H2,1-2H3. The van der Waals surface area contributed by atoms with E-state index >= 15 is 0 Å². The van der Waals surface area contributed by atoms with Crippen molar-refractivity contribution >= 4 is 23.2 Å². The van der Waals surface area contributed by atoms with E-state index in [2.05, 4.69) is 6.92 Å². The normalized spacial score (nSPS) is 15.0. The molecule has 0 fully saturated rings. The van der Waals surface area contributed by atoms with E-state index in [-0.39, 0.29) is 6.10 Å². The highest BCUT2D eigenvalue weighted by Gasteiger charge is 2.10. The molecular formula is C12H16Cl2O. The number of aliphatic hydroxyl groups excluding tert-OH is 1. The summed E-state index contributed by atoms with van der Waals surface area (Å²) in [7, 11) is 0. The highest BCUT2D eigenvalue weighted by molar-refractivity contribution is 6.35. The van der Waals surface area contributed by atoms with Crippen molar-refractivity contribution in [3.05, 3.63) is 33.8 Å². The van der Waals surface area contributed by atoms with Crippen LogP contribution in [0.15, 0.2) is 18.2 Å². The fourth-order valence-electron chi connectivity index (χ4n) is 1.55. The first kappa shape index (κ1) is 12.8. The first-order valence-electron chi connectivity index (χ1n) is 5.13. The van der Waals surface area contributed by atoms with Crippen LogP contribution in [0.1, 0.15) is 38.2 Å². The molecule has 2 unspecified atom stereocenters. The fraction of sp³-hybridized carbons (Fsp3) is 0.500. The van der Waals surface area contributed by atoms with Crippen LogP contribution < -0.4 is 0 Å². The Morgan fingerprint density at radius 1 is 1.20 bits per heavy atom. The van der Waals surface area contributed by atoms with E-state index in [4.69, 9.17) is 23.2 Å². The summed E-state index contributed by atoms with van der Waals surface area (Å²) < 4.78 is 0. The number of benzene rings is 1. The Bertz CT molecular complexity index is 323. The molecule has 1 nitrogen and oxygen atoms in total. The van der Waals surface area contributed by atoms with Crippen molar-refractivity contribution in [1.29, 1.82) is 0 Å². The zero-order valence-electron chi connectivity index (χ0n) is 9.00. The SMILES string of the molecule is CC(O)CCC(C)c1ccc(Cl)cc1Cl. The van der Waals surface area contributed by atoms with Gasteiger partial charge in [-0.05, 0) is 43.4 Å². The lowest BCUT2D eigenvalue weighted by Gasteiger charge is -2.14. The molecule has 0 aliphatic rings. The number of rotatable bonds is 4. The van der Waals surface area contributed by atoms with Gasteiger partial charge in [-0.3, -0.25) is 0 Å². The van der Waals surface area contributed by atoms with Gasteiger partial charge in [0.15, 0.2) is 0 Å². The van der Waals surface area contributed by atoms with Crippen LogP contribution in [0.4, 0.5) is 0 Å². The highest BCUT2D eigenvalue weighted by Crippen LogP contribution is 2.30. The Hall–Kier alpha value is -0.240. The summed E-state index contributed by atoms with van der Waals surface area (Å²) in [5.74, 6) is 0.351. The van der Waals surface area contributed by atoms with Gasteiger partial charge in [-0.1, -0.05) is 36.2 Å². The molecule has 2 atom stereocenters. The maximum atomic E-state index is 9.21. The molecule has 0 amide bonds. The zero-order valence-corrected chi connectivity index (χ0v) is 10.5. The maximum absolute atomic E-state index is 9.21. The van der Waals surface area contributed by atoms with Gasteiger partial charge >= 0.3 is 0 Å². The summed E-state index contributed by atoms with van der Waals surface area (Å²) in [6.07, 6.45) is 1.47. The molecule has 1 aromatic carbocycles. The number of hydrogen-bond acceptors (Lipinski definition) is 1. The minimum absolute atomic E-state index is 0.251. The van der Waals surface area contributed by atoms with E-state index in [0.717, 1.165) is 18.4 Å². The minimum Gasteiger partial charge on any atom is -0.393 e. The Balaban J connectivity index is 2.69.